The fourth-order valence-electron chi connectivity index (χ4n) is 2.02. The molecule has 5 heteroatoms. The summed E-state index contributed by atoms with van der Waals surface area (Å²) in [6, 6.07) is -0.204. The Kier molecular flexibility index (Phi) is 5.15. The minimum Gasteiger partial charge on any atom is -0.481 e. The van der Waals surface area contributed by atoms with Crippen LogP contribution in [0.25, 0.3) is 0 Å². The maximum atomic E-state index is 11.7. The molecule has 0 aromatic heterocycles. The topological polar surface area (TPSA) is 69.6 Å². The van der Waals surface area contributed by atoms with Gasteiger partial charge in [-0.25, -0.2) is 0 Å². The second-order valence-corrected chi connectivity index (χ2v) is 4.36. The number of carbonyl (C=O) groups excluding carboxylic acids is 1. The maximum Gasteiger partial charge on any atom is 0.306 e. The highest BCUT2D eigenvalue weighted by atomic mass is 16.4. The first kappa shape index (κ1) is 13.7. The van der Waals surface area contributed by atoms with E-state index in [0.29, 0.717) is 32.5 Å². The predicted molar refractivity (Wildman–Crippen MR) is 64.6 cm³/mol. The summed E-state index contributed by atoms with van der Waals surface area (Å²) in [4.78, 5) is 24.5. The van der Waals surface area contributed by atoms with Gasteiger partial charge in [0.1, 0.15) is 0 Å². The van der Waals surface area contributed by atoms with Gasteiger partial charge in [-0.2, -0.15) is 0 Å². The van der Waals surface area contributed by atoms with Crippen molar-refractivity contribution in [2.75, 3.05) is 19.6 Å². The quantitative estimate of drug-likeness (QED) is 0.686. The van der Waals surface area contributed by atoms with Gasteiger partial charge >= 0.3 is 5.97 Å². The fraction of sp³-hybridized carbons (Fsp3) is 0.667. The first-order valence-electron chi connectivity index (χ1n) is 5.91. The number of piperidine rings is 1. The van der Waals surface area contributed by atoms with Crippen molar-refractivity contribution in [3.63, 3.8) is 0 Å². The molecule has 2 N–H and O–H groups in total. The third kappa shape index (κ3) is 3.85. The summed E-state index contributed by atoms with van der Waals surface area (Å²) in [5.74, 6) is -1.01. The van der Waals surface area contributed by atoms with E-state index in [2.05, 4.69) is 11.9 Å². The van der Waals surface area contributed by atoms with Crippen molar-refractivity contribution < 1.29 is 14.7 Å². The molecule has 1 saturated heterocycles. The van der Waals surface area contributed by atoms with E-state index in [1.165, 1.54) is 0 Å². The van der Waals surface area contributed by atoms with Crippen molar-refractivity contribution in [1.82, 2.24) is 10.2 Å². The number of carbonyl (C=O) groups is 2. The molecule has 0 bridgehead atoms. The monoisotopic (exact) mass is 240 g/mol. The van der Waals surface area contributed by atoms with Gasteiger partial charge in [-0.1, -0.05) is 6.08 Å². The van der Waals surface area contributed by atoms with Crippen molar-refractivity contribution in [3.8, 4) is 0 Å². The Labute approximate surface area is 101 Å². The van der Waals surface area contributed by atoms with Crippen molar-refractivity contribution in [1.29, 1.82) is 0 Å². The molecule has 1 rings (SSSR count). The second kappa shape index (κ2) is 6.39. The summed E-state index contributed by atoms with van der Waals surface area (Å²) in [6.45, 7) is 7.19. The van der Waals surface area contributed by atoms with Crippen molar-refractivity contribution in [3.05, 3.63) is 12.7 Å². The highest BCUT2D eigenvalue weighted by molar-refractivity contribution is 5.81. The fourth-order valence-corrected chi connectivity index (χ4v) is 2.02. The van der Waals surface area contributed by atoms with Crippen LogP contribution in [0, 0.1) is 5.92 Å². The summed E-state index contributed by atoms with van der Waals surface area (Å²) in [5.41, 5.74) is 0. The Morgan fingerprint density at radius 1 is 1.53 bits per heavy atom. The molecule has 1 aliphatic heterocycles. The molecule has 17 heavy (non-hydrogen) atoms. The Hall–Kier alpha value is -1.36. The predicted octanol–water partition coefficient (Wildman–Crippen LogP) is 0.474. The van der Waals surface area contributed by atoms with Crippen LogP contribution in [0.15, 0.2) is 12.7 Å². The van der Waals surface area contributed by atoms with E-state index in [1.807, 2.05) is 11.8 Å². The Balaban J connectivity index is 2.39. The molecule has 0 radical (unpaired) electrons. The summed E-state index contributed by atoms with van der Waals surface area (Å²) in [6.07, 6.45) is 2.88. The Morgan fingerprint density at radius 3 is 2.59 bits per heavy atom. The lowest BCUT2D eigenvalue weighted by Gasteiger charge is -2.33. The average molecular weight is 240 g/mol. The molecule has 1 heterocycles. The van der Waals surface area contributed by atoms with Crippen LogP contribution in [0.4, 0.5) is 0 Å². The van der Waals surface area contributed by atoms with Crippen LogP contribution in [0.3, 0.4) is 0 Å². The van der Waals surface area contributed by atoms with Crippen molar-refractivity contribution in [2.24, 2.45) is 5.92 Å². The molecule has 0 saturated carbocycles. The number of carboxylic acid groups (broad SMARTS) is 1. The smallest absolute Gasteiger partial charge is 0.306 e. The summed E-state index contributed by atoms with van der Waals surface area (Å²) >= 11 is 0. The number of likely N-dealkylation sites (tertiary alicyclic amines) is 1. The summed E-state index contributed by atoms with van der Waals surface area (Å²) < 4.78 is 0. The SMILES string of the molecule is C=CCNC(=O)C(C)N1CCC(C(=O)O)CC1. The zero-order valence-corrected chi connectivity index (χ0v) is 10.2. The van der Waals surface area contributed by atoms with Gasteiger partial charge in [0, 0.05) is 6.54 Å². The minimum absolute atomic E-state index is 0.0290. The van der Waals surface area contributed by atoms with Crippen LogP contribution in [0.1, 0.15) is 19.8 Å². The highest BCUT2D eigenvalue weighted by Gasteiger charge is 2.29. The van der Waals surface area contributed by atoms with Gasteiger partial charge in [-0.05, 0) is 32.9 Å². The van der Waals surface area contributed by atoms with E-state index >= 15 is 0 Å². The zero-order valence-electron chi connectivity index (χ0n) is 10.2. The second-order valence-electron chi connectivity index (χ2n) is 4.36. The number of rotatable bonds is 5. The van der Waals surface area contributed by atoms with Crippen molar-refractivity contribution in [2.45, 2.75) is 25.8 Å². The molecule has 1 amide bonds. The number of aliphatic carboxylic acids is 1. The number of nitrogens with zero attached hydrogens (tertiary/aromatic N) is 1. The molecule has 0 aliphatic carbocycles. The molecule has 1 fully saturated rings. The van der Waals surface area contributed by atoms with Gasteiger partial charge in [0.2, 0.25) is 5.91 Å². The molecular formula is C12H20N2O3. The molecular weight excluding hydrogens is 220 g/mol. The number of amides is 1. The van der Waals surface area contributed by atoms with E-state index in [0.717, 1.165) is 0 Å². The standard InChI is InChI=1S/C12H20N2O3/c1-3-6-13-11(15)9(2)14-7-4-10(5-8-14)12(16)17/h3,9-10H,1,4-8H2,2H3,(H,13,15)(H,16,17). The lowest BCUT2D eigenvalue weighted by Crippen LogP contribution is -2.48. The van der Waals surface area contributed by atoms with Gasteiger partial charge in [0.15, 0.2) is 0 Å². The van der Waals surface area contributed by atoms with E-state index in [1.54, 1.807) is 6.08 Å². The van der Waals surface area contributed by atoms with Crippen LogP contribution in [0.5, 0.6) is 0 Å². The molecule has 96 valence electrons. The van der Waals surface area contributed by atoms with Crippen LogP contribution in [0.2, 0.25) is 0 Å². The summed E-state index contributed by atoms with van der Waals surface area (Å²) in [5, 5.41) is 11.6. The number of hydrogen-bond donors (Lipinski definition) is 2. The number of nitrogens with one attached hydrogen (secondary N) is 1. The van der Waals surface area contributed by atoms with E-state index < -0.39 is 5.97 Å². The van der Waals surface area contributed by atoms with Gasteiger partial charge in [0.25, 0.3) is 0 Å². The highest BCUT2D eigenvalue weighted by Crippen LogP contribution is 2.19. The van der Waals surface area contributed by atoms with Gasteiger partial charge in [-0.15, -0.1) is 6.58 Å². The van der Waals surface area contributed by atoms with Crippen LogP contribution in [-0.4, -0.2) is 47.6 Å². The summed E-state index contributed by atoms with van der Waals surface area (Å²) in [7, 11) is 0. The Morgan fingerprint density at radius 2 is 2.12 bits per heavy atom. The third-order valence-electron chi connectivity index (χ3n) is 3.23. The van der Waals surface area contributed by atoms with Crippen LogP contribution >= 0.6 is 0 Å². The molecule has 1 atom stereocenters. The number of hydrogen-bond acceptors (Lipinski definition) is 3. The largest absolute Gasteiger partial charge is 0.481 e. The van der Waals surface area contributed by atoms with Gasteiger partial charge < -0.3 is 10.4 Å². The average Bonchev–Trinajstić information content (AvgIpc) is 2.35. The van der Waals surface area contributed by atoms with Crippen LogP contribution in [-0.2, 0) is 9.59 Å². The molecule has 0 aromatic carbocycles. The van der Waals surface area contributed by atoms with Gasteiger partial charge in [-0.3, -0.25) is 14.5 Å². The first-order valence-corrected chi connectivity index (χ1v) is 5.91. The van der Waals surface area contributed by atoms with Crippen molar-refractivity contribution >= 4 is 11.9 Å². The van der Waals surface area contributed by atoms with Crippen LogP contribution < -0.4 is 5.32 Å². The third-order valence-corrected chi connectivity index (χ3v) is 3.23. The molecule has 5 nitrogen and oxygen atoms in total. The Bertz CT molecular complexity index is 296. The first-order chi connectivity index (χ1) is 8.06. The van der Waals surface area contributed by atoms with E-state index in [4.69, 9.17) is 5.11 Å². The lowest BCUT2D eigenvalue weighted by atomic mass is 9.96. The lowest BCUT2D eigenvalue weighted by molar-refractivity contribution is -0.143. The zero-order chi connectivity index (χ0) is 12.8. The number of carboxylic acids is 1. The molecule has 1 unspecified atom stereocenters. The van der Waals surface area contributed by atoms with Gasteiger partial charge in [0.05, 0.1) is 12.0 Å². The molecule has 0 spiro atoms. The van der Waals surface area contributed by atoms with E-state index in [-0.39, 0.29) is 17.9 Å². The molecule has 0 aromatic rings. The normalized spacial score (nSPS) is 19.6. The van der Waals surface area contributed by atoms with E-state index in [9.17, 15) is 9.59 Å². The maximum absolute atomic E-state index is 11.7. The minimum atomic E-state index is -0.728. The molecule has 1 aliphatic rings.